The molecule has 0 heterocycles. The molecule has 10 radical (unpaired) electrons. The van der Waals surface area contributed by atoms with Crippen LogP contribution in [-0.2, 0) is 0 Å². The van der Waals surface area contributed by atoms with Crippen LogP contribution in [0.25, 0.3) is 5.57 Å². The van der Waals surface area contributed by atoms with Gasteiger partial charge in [-0.1, -0.05) is 104 Å². The van der Waals surface area contributed by atoms with Gasteiger partial charge in [-0.25, -0.2) is 0 Å². The number of rotatable bonds is 4. The third kappa shape index (κ3) is 3.27. The molecule has 31 heavy (non-hydrogen) atoms. The predicted molar refractivity (Wildman–Crippen MR) is 129 cm³/mol. The molecule has 0 N–H and O–H groups in total. The Morgan fingerprint density at radius 3 is 1.77 bits per heavy atom. The van der Waals surface area contributed by atoms with Crippen molar-refractivity contribution in [2.75, 3.05) is 0 Å². The number of fused-ring (bicyclic) bond motifs is 4. The van der Waals surface area contributed by atoms with Crippen LogP contribution >= 0.6 is 0 Å². The fourth-order valence-corrected chi connectivity index (χ4v) is 5.33. The molecule has 0 saturated heterocycles. The van der Waals surface area contributed by atoms with Gasteiger partial charge in [0.25, 0.3) is 0 Å². The second-order valence-corrected chi connectivity index (χ2v) is 8.51. The van der Waals surface area contributed by atoms with Crippen LogP contribution in [-0.4, -0.2) is 0 Å². The molecule has 1 aromatic rings. The van der Waals surface area contributed by atoms with Gasteiger partial charge < -0.3 is 0 Å². The van der Waals surface area contributed by atoms with Gasteiger partial charge >= 0.3 is 0 Å². The van der Waals surface area contributed by atoms with Crippen LogP contribution in [0.3, 0.4) is 0 Å². The molecule has 5 aliphatic rings. The van der Waals surface area contributed by atoms with Crippen molar-refractivity contribution in [3.8, 4) is 0 Å². The first-order chi connectivity index (χ1) is 15.3. The summed E-state index contributed by atoms with van der Waals surface area (Å²) in [4.78, 5) is 0. The Labute approximate surface area is 187 Å². The average molecular weight is 397 g/mol. The molecule has 6 rings (SSSR count). The summed E-state index contributed by atoms with van der Waals surface area (Å²) < 4.78 is 0. The number of hydrogen-bond donors (Lipinski definition) is 0. The van der Waals surface area contributed by atoms with E-state index in [1.807, 2.05) is 0 Å². The Bertz CT molecular complexity index is 950. The van der Waals surface area contributed by atoms with E-state index in [9.17, 15) is 0 Å². The number of hydrogen-bond acceptors (Lipinski definition) is 0. The average Bonchev–Trinajstić information content (AvgIpc) is 3.32. The molecule has 2 saturated carbocycles. The van der Waals surface area contributed by atoms with Crippen molar-refractivity contribution >= 4 is 5.57 Å². The van der Waals surface area contributed by atoms with Crippen LogP contribution in [0.4, 0.5) is 0 Å². The van der Waals surface area contributed by atoms with E-state index in [-0.39, 0.29) is 0 Å². The summed E-state index contributed by atoms with van der Waals surface area (Å²) in [5.41, 5.74) is 2.62. The molecule has 0 amide bonds. The van der Waals surface area contributed by atoms with E-state index >= 15 is 0 Å². The van der Waals surface area contributed by atoms with Crippen molar-refractivity contribution in [3.05, 3.63) is 162 Å². The number of allylic oxidation sites excluding steroid dienone is 12. The quantitative estimate of drug-likeness (QED) is 0.509. The first-order valence-corrected chi connectivity index (χ1v) is 11.1. The summed E-state index contributed by atoms with van der Waals surface area (Å²) in [5.74, 6) is 12.7. The summed E-state index contributed by atoms with van der Waals surface area (Å²) in [6.45, 7) is 2.27. The smallest absolute Gasteiger partial charge is 0.0210 e. The van der Waals surface area contributed by atoms with Crippen molar-refractivity contribution in [3.63, 3.8) is 0 Å². The van der Waals surface area contributed by atoms with Gasteiger partial charge in [0.05, 0.1) is 0 Å². The highest BCUT2D eigenvalue weighted by atomic mass is 14.5. The maximum absolute atomic E-state index is 2.38. The van der Waals surface area contributed by atoms with E-state index in [1.165, 1.54) is 64.4 Å². The predicted octanol–water partition coefficient (Wildman–Crippen LogP) is 7.09. The molecule has 0 aliphatic heterocycles. The van der Waals surface area contributed by atoms with Crippen LogP contribution in [0, 0.1) is 59.7 Å². The topological polar surface area (TPSA) is 0 Å². The molecule has 0 aromatic heterocycles. The lowest BCUT2D eigenvalue weighted by Gasteiger charge is -2.28. The van der Waals surface area contributed by atoms with Crippen LogP contribution < -0.4 is 0 Å². The normalized spacial score (nSPS) is 26.0. The molecule has 0 spiro atoms. The Hall–Kier alpha value is -2.34. The van der Waals surface area contributed by atoms with Gasteiger partial charge in [-0.15, -0.1) is 0 Å². The van der Waals surface area contributed by atoms with Crippen LogP contribution in [0.5, 0.6) is 0 Å². The second-order valence-electron chi connectivity index (χ2n) is 8.51. The van der Waals surface area contributed by atoms with Crippen molar-refractivity contribution in [2.24, 2.45) is 0 Å². The lowest BCUT2D eigenvalue weighted by molar-refractivity contribution is 0.755. The minimum atomic E-state index is 1.06. The highest BCUT2D eigenvalue weighted by Gasteiger charge is 2.50. The number of benzene rings is 1. The summed E-state index contributed by atoms with van der Waals surface area (Å²) >= 11 is 0. The van der Waals surface area contributed by atoms with E-state index < -0.39 is 0 Å². The Balaban J connectivity index is 1.20. The molecule has 1 aromatic carbocycles. The van der Waals surface area contributed by atoms with Crippen molar-refractivity contribution < 1.29 is 0 Å². The highest BCUT2D eigenvalue weighted by Crippen LogP contribution is 2.61. The summed E-state index contributed by atoms with van der Waals surface area (Å²) in [5, 5.41) is 0. The summed E-state index contributed by atoms with van der Waals surface area (Å²) in [6.07, 6.45) is 29.0. The molecule has 5 aliphatic carbocycles. The summed E-state index contributed by atoms with van der Waals surface area (Å²) in [7, 11) is 0. The molecule has 0 bridgehead atoms. The standard InChI is InChI=1S/C31H24/c1-21-20-31-24(22-10-3-2-4-11-22)16-9-17-25(31)23(21)18-19-30-28-14-7-5-12-26(28)27-13-6-8-15-29(27)30/h2-17,20H,18-19H2,1H3. The molecular formula is C31H24. The van der Waals surface area contributed by atoms with Gasteiger partial charge in [0.2, 0.25) is 0 Å². The van der Waals surface area contributed by atoms with Gasteiger partial charge in [-0.3, -0.25) is 0 Å². The van der Waals surface area contributed by atoms with Gasteiger partial charge in [0.15, 0.2) is 0 Å². The van der Waals surface area contributed by atoms with Crippen LogP contribution in [0.1, 0.15) is 25.3 Å². The molecular weight excluding hydrogens is 372 g/mol. The maximum atomic E-state index is 2.38. The second kappa shape index (κ2) is 7.97. The largest absolute Gasteiger partial charge is 0.0758 e. The third-order valence-electron chi connectivity index (χ3n) is 6.77. The fraction of sp³-hybridized carbons (Fsp3) is 0.0968. The van der Waals surface area contributed by atoms with Gasteiger partial charge in [-0.2, -0.15) is 0 Å². The van der Waals surface area contributed by atoms with Gasteiger partial charge in [-0.05, 0) is 48.2 Å². The van der Waals surface area contributed by atoms with Gasteiger partial charge in [0, 0.05) is 35.5 Å². The zero-order valence-electron chi connectivity index (χ0n) is 17.7. The minimum Gasteiger partial charge on any atom is -0.0758 e. The third-order valence-corrected chi connectivity index (χ3v) is 6.77. The van der Waals surface area contributed by atoms with Crippen molar-refractivity contribution in [2.45, 2.75) is 19.8 Å². The van der Waals surface area contributed by atoms with E-state index in [4.69, 9.17) is 0 Å². The summed E-state index contributed by atoms with van der Waals surface area (Å²) in [6, 6.07) is 10.7. The zero-order valence-corrected chi connectivity index (χ0v) is 17.7. The Kier molecular flexibility index (Phi) is 4.98. The van der Waals surface area contributed by atoms with Crippen LogP contribution in [0.15, 0.2) is 97.2 Å². The highest BCUT2D eigenvalue weighted by molar-refractivity contribution is 5.90. The molecule has 2 fully saturated rings. The molecule has 0 atom stereocenters. The van der Waals surface area contributed by atoms with Gasteiger partial charge in [0.1, 0.15) is 0 Å². The first kappa shape index (κ1) is 19.4. The van der Waals surface area contributed by atoms with E-state index in [0.717, 1.165) is 12.8 Å². The van der Waals surface area contributed by atoms with Crippen LogP contribution in [0.2, 0.25) is 0 Å². The lowest BCUT2D eigenvalue weighted by Crippen LogP contribution is -2.16. The molecule has 0 heteroatoms. The Morgan fingerprint density at radius 1 is 0.548 bits per heavy atom. The van der Waals surface area contributed by atoms with E-state index in [2.05, 4.69) is 111 Å². The fourth-order valence-electron chi connectivity index (χ4n) is 5.33. The van der Waals surface area contributed by atoms with Crippen molar-refractivity contribution in [1.29, 1.82) is 0 Å². The molecule has 0 nitrogen and oxygen atoms in total. The Morgan fingerprint density at radius 2 is 1.10 bits per heavy atom. The van der Waals surface area contributed by atoms with Crippen molar-refractivity contribution in [1.82, 2.24) is 0 Å². The zero-order chi connectivity index (χ0) is 20.8. The lowest BCUT2D eigenvalue weighted by atomic mass is 9.74. The molecule has 148 valence electrons. The monoisotopic (exact) mass is 396 g/mol. The first-order valence-electron chi connectivity index (χ1n) is 11.1. The SMILES string of the molecule is C[C]1[CH][C]2[C](C=CC=C2c2ccccc2)[C]1CC[C]1[C]2C=CC=C[C]2[C]2C=CC=C[C]21. The molecule has 0 unspecified atom stereocenters. The minimum absolute atomic E-state index is 1.06. The van der Waals surface area contributed by atoms with E-state index in [1.54, 1.807) is 0 Å². The maximum Gasteiger partial charge on any atom is 0.0210 e. The van der Waals surface area contributed by atoms with E-state index in [0.29, 0.717) is 0 Å².